The molecule has 1 amide bonds. The first-order chi connectivity index (χ1) is 9.40. The highest BCUT2D eigenvalue weighted by atomic mass is 16.5. The number of nitrogens with one attached hydrogen (secondary N) is 1. The maximum Gasteiger partial charge on any atom is 0.336 e. The van der Waals surface area contributed by atoms with E-state index < -0.39 is 12.1 Å². The molecule has 0 bridgehead atoms. The number of amides is 1. The Balaban J connectivity index is 2.21. The van der Waals surface area contributed by atoms with Gasteiger partial charge in [-0.05, 0) is 49.4 Å². The molecule has 1 aliphatic rings. The number of carboxylic acid groups (broad SMARTS) is 1. The maximum atomic E-state index is 12.1. The van der Waals surface area contributed by atoms with E-state index in [0.717, 1.165) is 12.0 Å². The highest BCUT2D eigenvalue weighted by Crippen LogP contribution is 2.24. The smallest absolute Gasteiger partial charge is 0.336 e. The highest BCUT2D eigenvalue weighted by molar-refractivity contribution is 5.97. The molecule has 0 spiro atoms. The van der Waals surface area contributed by atoms with Crippen molar-refractivity contribution in [2.24, 2.45) is 5.92 Å². The first kappa shape index (κ1) is 14.5. The molecule has 1 heterocycles. The van der Waals surface area contributed by atoms with Crippen molar-refractivity contribution in [1.82, 2.24) is 0 Å². The molecule has 5 heteroatoms. The number of carboxylic acids is 1. The molecule has 1 saturated heterocycles. The van der Waals surface area contributed by atoms with Crippen molar-refractivity contribution in [1.29, 1.82) is 0 Å². The van der Waals surface area contributed by atoms with E-state index in [-0.39, 0.29) is 17.4 Å². The van der Waals surface area contributed by atoms with E-state index in [9.17, 15) is 9.59 Å². The fourth-order valence-electron chi connectivity index (χ4n) is 2.40. The lowest BCUT2D eigenvalue weighted by Crippen LogP contribution is -2.31. The molecule has 108 valence electrons. The first-order valence-corrected chi connectivity index (χ1v) is 6.67. The lowest BCUT2D eigenvalue weighted by Gasteiger charge is -2.16. The number of hydrogen-bond donors (Lipinski definition) is 2. The van der Waals surface area contributed by atoms with Crippen LogP contribution >= 0.6 is 0 Å². The number of anilines is 1. The number of aryl methyl sites for hydroxylation is 1. The summed E-state index contributed by atoms with van der Waals surface area (Å²) in [6, 6.07) is 3.27. The molecule has 0 saturated carbocycles. The predicted molar refractivity (Wildman–Crippen MR) is 75.0 cm³/mol. The largest absolute Gasteiger partial charge is 0.478 e. The van der Waals surface area contributed by atoms with Crippen LogP contribution in [0.25, 0.3) is 0 Å². The SMILES string of the molecule is Cc1cc(NC(=O)C2OCCC2C)cc(C(=O)O)c1C. The summed E-state index contributed by atoms with van der Waals surface area (Å²) in [6.45, 7) is 6.14. The van der Waals surface area contributed by atoms with E-state index >= 15 is 0 Å². The Morgan fingerprint density at radius 2 is 2.05 bits per heavy atom. The highest BCUT2D eigenvalue weighted by Gasteiger charge is 2.31. The Kier molecular flexibility index (Phi) is 4.09. The lowest BCUT2D eigenvalue weighted by molar-refractivity contribution is -0.126. The van der Waals surface area contributed by atoms with E-state index in [1.54, 1.807) is 13.0 Å². The molecule has 1 aromatic carbocycles. The van der Waals surface area contributed by atoms with Crippen LogP contribution < -0.4 is 5.32 Å². The fourth-order valence-corrected chi connectivity index (χ4v) is 2.40. The number of aromatic carboxylic acids is 1. The predicted octanol–water partition coefficient (Wildman–Crippen LogP) is 2.37. The van der Waals surface area contributed by atoms with Gasteiger partial charge in [-0.3, -0.25) is 4.79 Å². The van der Waals surface area contributed by atoms with Crippen LogP contribution in [-0.2, 0) is 9.53 Å². The van der Waals surface area contributed by atoms with E-state index in [2.05, 4.69) is 5.32 Å². The molecule has 5 nitrogen and oxygen atoms in total. The lowest BCUT2D eigenvalue weighted by atomic mass is 10.0. The molecular weight excluding hydrogens is 258 g/mol. The van der Waals surface area contributed by atoms with Gasteiger partial charge >= 0.3 is 5.97 Å². The number of rotatable bonds is 3. The van der Waals surface area contributed by atoms with Gasteiger partial charge in [0.05, 0.1) is 5.56 Å². The number of benzene rings is 1. The second-order valence-electron chi connectivity index (χ2n) is 5.32. The average Bonchev–Trinajstić information content (AvgIpc) is 2.79. The van der Waals surface area contributed by atoms with Gasteiger partial charge in [0.25, 0.3) is 5.91 Å². The summed E-state index contributed by atoms with van der Waals surface area (Å²) < 4.78 is 5.40. The van der Waals surface area contributed by atoms with Crippen molar-refractivity contribution in [3.05, 3.63) is 28.8 Å². The molecule has 1 aromatic rings. The van der Waals surface area contributed by atoms with Crippen LogP contribution in [0.15, 0.2) is 12.1 Å². The summed E-state index contributed by atoms with van der Waals surface area (Å²) >= 11 is 0. The molecule has 0 radical (unpaired) electrons. The Bertz CT molecular complexity index is 553. The van der Waals surface area contributed by atoms with Gasteiger partial charge < -0.3 is 15.2 Å². The van der Waals surface area contributed by atoms with Crippen molar-refractivity contribution in [3.8, 4) is 0 Å². The second-order valence-corrected chi connectivity index (χ2v) is 5.32. The first-order valence-electron chi connectivity index (χ1n) is 6.67. The molecule has 0 aromatic heterocycles. The molecule has 1 aliphatic heterocycles. The van der Waals surface area contributed by atoms with Crippen molar-refractivity contribution < 1.29 is 19.4 Å². The Hall–Kier alpha value is -1.88. The van der Waals surface area contributed by atoms with Crippen molar-refractivity contribution in [3.63, 3.8) is 0 Å². The number of carbonyl (C=O) groups excluding carboxylic acids is 1. The van der Waals surface area contributed by atoms with Crippen LogP contribution in [0.1, 0.15) is 34.8 Å². The molecule has 1 fully saturated rings. The minimum atomic E-state index is -0.993. The molecule has 20 heavy (non-hydrogen) atoms. The maximum absolute atomic E-state index is 12.1. The van der Waals surface area contributed by atoms with Crippen LogP contribution in [0.3, 0.4) is 0 Å². The minimum Gasteiger partial charge on any atom is -0.478 e. The normalized spacial score (nSPS) is 21.8. The summed E-state index contributed by atoms with van der Waals surface area (Å²) in [7, 11) is 0. The standard InChI is InChI=1S/C15H19NO4/c1-8-4-5-20-13(8)14(17)16-11-6-9(2)10(3)12(7-11)15(18)19/h6-8,13H,4-5H2,1-3H3,(H,16,17)(H,18,19). The third-order valence-corrected chi connectivity index (χ3v) is 3.81. The van der Waals surface area contributed by atoms with Crippen molar-refractivity contribution in [2.75, 3.05) is 11.9 Å². The van der Waals surface area contributed by atoms with Gasteiger partial charge in [0.2, 0.25) is 0 Å². The molecule has 0 aliphatic carbocycles. The summed E-state index contributed by atoms with van der Waals surface area (Å²) in [5.41, 5.74) is 2.25. The van der Waals surface area contributed by atoms with Gasteiger partial charge in [0.15, 0.2) is 0 Å². The van der Waals surface area contributed by atoms with Crippen LogP contribution in [0.2, 0.25) is 0 Å². The molecular formula is C15H19NO4. The second kappa shape index (κ2) is 5.63. The number of hydrogen-bond acceptors (Lipinski definition) is 3. The van der Waals surface area contributed by atoms with Crippen molar-refractivity contribution in [2.45, 2.75) is 33.3 Å². The monoisotopic (exact) mass is 277 g/mol. The Morgan fingerprint density at radius 3 is 2.60 bits per heavy atom. The van der Waals surface area contributed by atoms with Gasteiger partial charge in [-0.1, -0.05) is 6.92 Å². The third kappa shape index (κ3) is 2.82. The topological polar surface area (TPSA) is 75.6 Å². The molecule has 2 N–H and O–H groups in total. The van der Waals surface area contributed by atoms with Gasteiger partial charge in [0, 0.05) is 12.3 Å². The third-order valence-electron chi connectivity index (χ3n) is 3.81. The van der Waals surface area contributed by atoms with Gasteiger partial charge in [0.1, 0.15) is 6.10 Å². The minimum absolute atomic E-state index is 0.181. The summed E-state index contributed by atoms with van der Waals surface area (Å²) in [5, 5.41) is 11.9. The van der Waals surface area contributed by atoms with Crippen LogP contribution in [-0.4, -0.2) is 29.7 Å². The van der Waals surface area contributed by atoms with E-state index in [0.29, 0.717) is 17.9 Å². The van der Waals surface area contributed by atoms with E-state index in [1.165, 1.54) is 6.07 Å². The number of carbonyl (C=O) groups is 2. The summed E-state index contributed by atoms with van der Waals surface area (Å²) in [4.78, 5) is 23.3. The van der Waals surface area contributed by atoms with Crippen molar-refractivity contribution >= 4 is 17.6 Å². The van der Waals surface area contributed by atoms with Gasteiger partial charge in [-0.15, -0.1) is 0 Å². The van der Waals surface area contributed by atoms with E-state index in [4.69, 9.17) is 9.84 Å². The zero-order chi connectivity index (χ0) is 14.9. The molecule has 2 rings (SSSR count). The Morgan fingerprint density at radius 1 is 1.35 bits per heavy atom. The fraction of sp³-hybridized carbons (Fsp3) is 0.467. The molecule has 2 atom stereocenters. The van der Waals surface area contributed by atoms with Gasteiger partial charge in [-0.25, -0.2) is 4.79 Å². The molecule has 2 unspecified atom stereocenters. The summed E-state index contributed by atoms with van der Waals surface area (Å²) in [5.74, 6) is -1.03. The quantitative estimate of drug-likeness (QED) is 0.889. The van der Waals surface area contributed by atoms with Crippen LogP contribution in [0.5, 0.6) is 0 Å². The summed E-state index contributed by atoms with van der Waals surface area (Å²) in [6.07, 6.45) is 0.413. The van der Waals surface area contributed by atoms with Crippen LogP contribution in [0, 0.1) is 19.8 Å². The number of ether oxygens (including phenoxy) is 1. The zero-order valence-corrected chi connectivity index (χ0v) is 11.9. The zero-order valence-electron chi connectivity index (χ0n) is 11.9. The van der Waals surface area contributed by atoms with E-state index in [1.807, 2.05) is 13.8 Å². The Labute approximate surface area is 117 Å². The van der Waals surface area contributed by atoms with Crippen LogP contribution in [0.4, 0.5) is 5.69 Å². The average molecular weight is 277 g/mol. The van der Waals surface area contributed by atoms with Gasteiger partial charge in [-0.2, -0.15) is 0 Å².